The van der Waals surface area contributed by atoms with Crippen LogP contribution in [0.3, 0.4) is 0 Å². The monoisotopic (exact) mass is 445 g/mol. The number of hydrogen-bond donors (Lipinski definition) is 1. The van der Waals surface area contributed by atoms with E-state index in [0.717, 1.165) is 17.7 Å². The van der Waals surface area contributed by atoms with Crippen LogP contribution in [0, 0.1) is 11.3 Å². The largest absolute Gasteiger partial charge is 0.491 e. The van der Waals surface area contributed by atoms with Gasteiger partial charge in [-0.15, -0.1) is 0 Å². The first-order valence-corrected chi connectivity index (χ1v) is 9.05. The summed E-state index contributed by atoms with van der Waals surface area (Å²) in [5, 5.41) is 8.88. The second-order valence-corrected chi connectivity index (χ2v) is 6.80. The molecule has 2 N–H and O–H groups in total. The fraction of sp³-hybridized carbons (Fsp3) is 0.350. The molecule has 2 aromatic rings. The van der Waals surface area contributed by atoms with Gasteiger partial charge in [0.25, 0.3) is 0 Å². The van der Waals surface area contributed by atoms with Gasteiger partial charge in [-0.05, 0) is 35.9 Å². The number of nitrogens with two attached hydrogens (primary N) is 1. The molecule has 0 aromatic heterocycles. The minimum atomic E-state index is -4.90. The van der Waals surface area contributed by atoms with Crippen LogP contribution in [0.2, 0.25) is 0 Å². The third kappa shape index (κ3) is 5.21. The van der Waals surface area contributed by atoms with Crippen molar-refractivity contribution in [3.8, 4) is 11.8 Å². The van der Waals surface area contributed by atoms with Gasteiger partial charge in [0.05, 0.1) is 23.7 Å². The Balaban J connectivity index is 1.81. The summed E-state index contributed by atoms with van der Waals surface area (Å²) >= 11 is 0. The molecular weight excluding hydrogens is 428 g/mol. The molecule has 2 aromatic carbocycles. The molecule has 1 aliphatic heterocycles. The van der Waals surface area contributed by atoms with Crippen LogP contribution in [-0.4, -0.2) is 31.7 Å². The van der Waals surface area contributed by atoms with Gasteiger partial charge < -0.3 is 20.1 Å². The summed E-state index contributed by atoms with van der Waals surface area (Å²) in [6.45, 7) is -0.277. The molecule has 0 radical (unpaired) electrons. The van der Waals surface area contributed by atoms with E-state index in [1.807, 2.05) is 0 Å². The molecule has 0 spiro atoms. The normalized spacial score (nSPS) is 19.4. The zero-order valence-electron chi connectivity index (χ0n) is 15.9. The predicted octanol–water partition coefficient (Wildman–Crippen LogP) is 4.21. The number of nitriles is 1. The Labute approximate surface area is 173 Å². The molecule has 0 bridgehead atoms. The smallest absolute Gasteiger partial charge is 0.433 e. The van der Waals surface area contributed by atoms with Crippen molar-refractivity contribution < 1.29 is 35.8 Å². The zero-order valence-corrected chi connectivity index (χ0v) is 15.9. The van der Waals surface area contributed by atoms with Crippen LogP contribution in [0.5, 0.6) is 5.75 Å². The molecule has 1 fully saturated rings. The summed E-state index contributed by atoms with van der Waals surface area (Å²) in [5.41, 5.74) is 3.99. The van der Waals surface area contributed by atoms with Gasteiger partial charge in [0.1, 0.15) is 18.5 Å². The molecular formula is C20H17F6N3O2. The minimum absolute atomic E-state index is 0.243. The van der Waals surface area contributed by atoms with Crippen molar-refractivity contribution >= 4 is 5.69 Å². The maximum Gasteiger partial charge on any atom is 0.433 e. The van der Waals surface area contributed by atoms with Crippen molar-refractivity contribution in [1.29, 1.82) is 5.26 Å². The molecule has 1 saturated heterocycles. The summed E-state index contributed by atoms with van der Waals surface area (Å²) in [6, 6.07) is 10.4. The molecule has 31 heavy (non-hydrogen) atoms. The first kappa shape index (κ1) is 22.7. The Morgan fingerprint density at radius 3 is 2.32 bits per heavy atom. The lowest BCUT2D eigenvalue weighted by Crippen LogP contribution is -2.42. The van der Waals surface area contributed by atoms with Gasteiger partial charge in [-0.1, -0.05) is 12.1 Å². The number of alkyl halides is 6. The lowest BCUT2D eigenvalue weighted by atomic mass is 10.1. The first-order chi connectivity index (χ1) is 14.5. The van der Waals surface area contributed by atoms with Crippen LogP contribution in [0.25, 0.3) is 0 Å². The second-order valence-electron chi connectivity index (χ2n) is 6.80. The van der Waals surface area contributed by atoms with Crippen molar-refractivity contribution in [2.75, 3.05) is 18.1 Å². The number of rotatable bonds is 5. The van der Waals surface area contributed by atoms with Crippen LogP contribution in [-0.2, 0) is 17.5 Å². The molecule has 0 unspecified atom stereocenters. The highest BCUT2D eigenvalue weighted by Crippen LogP contribution is 2.39. The second kappa shape index (κ2) is 8.64. The van der Waals surface area contributed by atoms with E-state index in [-0.39, 0.29) is 18.8 Å². The van der Waals surface area contributed by atoms with E-state index in [1.165, 1.54) is 6.07 Å². The summed E-state index contributed by atoms with van der Waals surface area (Å²) < 4.78 is 90.7. The van der Waals surface area contributed by atoms with Gasteiger partial charge in [0.15, 0.2) is 0 Å². The zero-order chi connectivity index (χ0) is 22.8. The highest BCUT2D eigenvalue weighted by Gasteiger charge is 2.51. The Morgan fingerprint density at radius 2 is 1.77 bits per heavy atom. The van der Waals surface area contributed by atoms with Crippen molar-refractivity contribution in [1.82, 2.24) is 0 Å². The molecule has 0 amide bonds. The van der Waals surface area contributed by atoms with Gasteiger partial charge in [-0.25, -0.2) is 0 Å². The van der Waals surface area contributed by atoms with Crippen LogP contribution < -0.4 is 15.4 Å². The first-order valence-electron chi connectivity index (χ1n) is 9.05. The standard InChI is InChI=1S/C20H17F6N3O2/c21-19(22,23)17-7-14(4-3-13(17)9-28)29-10-16(31-18(29)20(24,25)26)11-30-15-5-1-12(8-27)2-6-15/h1-7,16,18H,8,10-11,27H2/t16-,18+/m0/s1. The Kier molecular flexibility index (Phi) is 6.33. The summed E-state index contributed by atoms with van der Waals surface area (Å²) in [5.74, 6) is 0.389. The lowest BCUT2D eigenvalue weighted by Gasteiger charge is -2.27. The van der Waals surface area contributed by atoms with Gasteiger partial charge in [0.2, 0.25) is 6.23 Å². The van der Waals surface area contributed by atoms with Crippen LogP contribution in [0.15, 0.2) is 42.5 Å². The van der Waals surface area contributed by atoms with E-state index in [4.69, 9.17) is 20.5 Å². The van der Waals surface area contributed by atoms with Crippen LogP contribution in [0.1, 0.15) is 16.7 Å². The number of ether oxygens (including phenoxy) is 2. The fourth-order valence-electron chi connectivity index (χ4n) is 3.15. The van der Waals surface area contributed by atoms with Crippen molar-refractivity contribution in [3.05, 3.63) is 59.2 Å². The summed E-state index contributed by atoms with van der Waals surface area (Å²) in [6.07, 6.45) is -13.3. The molecule has 1 aliphatic rings. The maximum atomic E-state index is 13.5. The van der Waals surface area contributed by atoms with Gasteiger partial charge in [-0.3, -0.25) is 0 Å². The average Bonchev–Trinajstić information content (AvgIpc) is 3.16. The van der Waals surface area contributed by atoms with Gasteiger partial charge in [-0.2, -0.15) is 31.6 Å². The number of anilines is 1. The van der Waals surface area contributed by atoms with Crippen molar-refractivity contribution in [2.45, 2.75) is 31.2 Å². The molecule has 2 atom stereocenters. The van der Waals surface area contributed by atoms with Gasteiger partial charge >= 0.3 is 12.4 Å². The molecule has 0 saturated carbocycles. The maximum absolute atomic E-state index is 13.5. The van der Waals surface area contributed by atoms with E-state index in [1.54, 1.807) is 24.3 Å². The Bertz CT molecular complexity index is 953. The molecule has 166 valence electrons. The Morgan fingerprint density at radius 1 is 1.10 bits per heavy atom. The van der Waals surface area contributed by atoms with E-state index < -0.39 is 35.8 Å². The number of halogens is 6. The molecule has 1 heterocycles. The van der Waals surface area contributed by atoms with Crippen molar-refractivity contribution in [3.63, 3.8) is 0 Å². The number of benzene rings is 2. The number of nitrogens with zero attached hydrogens (tertiary/aromatic N) is 2. The van der Waals surface area contributed by atoms with Crippen molar-refractivity contribution in [2.24, 2.45) is 5.73 Å². The molecule has 5 nitrogen and oxygen atoms in total. The van der Waals surface area contributed by atoms with E-state index in [0.29, 0.717) is 23.3 Å². The molecule has 0 aliphatic carbocycles. The van der Waals surface area contributed by atoms with E-state index in [2.05, 4.69) is 0 Å². The van der Waals surface area contributed by atoms with E-state index >= 15 is 0 Å². The number of hydrogen-bond acceptors (Lipinski definition) is 5. The van der Waals surface area contributed by atoms with Crippen LogP contribution in [0.4, 0.5) is 32.0 Å². The minimum Gasteiger partial charge on any atom is -0.491 e. The topological polar surface area (TPSA) is 71.5 Å². The third-order valence-electron chi connectivity index (χ3n) is 4.64. The van der Waals surface area contributed by atoms with Crippen LogP contribution >= 0.6 is 0 Å². The lowest BCUT2D eigenvalue weighted by molar-refractivity contribution is -0.215. The predicted molar refractivity (Wildman–Crippen MR) is 98.0 cm³/mol. The Hall–Kier alpha value is -2.97. The van der Waals surface area contributed by atoms with E-state index in [9.17, 15) is 26.3 Å². The highest BCUT2D eigenvalue weighted by molar-refractivity contribution is 5.56. The summed E-state index contributed by atoms with van der Waals surface area (Å²) in [7, 11) is 0. The fourth-order valence-corrected chi connectivity index (χ4v) is 3.15. The quantitative estimate of drug-likeness (QED) is 0.699. The SMILES string of the molecule is N#Cc1ccc(N2C[C@@H](COc3ccc(CN)cc3)O[C@@H]2C(F)(F)F)cc1C(F)(F)F. The third-order valence-corrected chi connectivity index (χ3v) is 4.64. The molecule has 11 heteroatoms. The summed E-state index contributed by atoms with van der Waals surface area (Å²) in [4.78, 5) is 0.682. The molecule has 3 rings (SSSR count). The average molecular weight is 445 g/mol. The van der Waals surface area contributed by atoms with Gasteiger partial charge in [0, 0.05) is 12.2 Å². The highest BCUT2D eigenvalue weighted by atomic mass is 19.4.